The fourth-order valence-electron chi connectivity index (χ4n) is 9.39. The number of furan rings is 1. The molecule has 268 valence electrons. The zero-order valence-corrected chi connectivity index (χ0v) is 32.0. The second kappa shape index (κ2) is 13.7. The van der Waals surface area contributed by atoms with Crippen molar-refractivity contribution in [1.82, 2.24) is 0 Å². The molecule has 8 aromatic rings. The van der Waals surface area contributed by atoms with Gasteiger partial charge in [-0.15, -0.1) is 0 Å². The molecule has 55 heavy (non-hydrogen) atoms. The van der Waals surface area contributed by atoms with Crippen LogP contribution in [0, 0.1) is 0 Å². The summed E-state index contributed by atoms with van der Waals surface area (Å²) < 4.78 is 6.27. The summed E-state index contributed by atoms with van der Waals surface area (Å²) in [6, 6.07) is 54.7. The summed E-state index contributed by atoms with van der Waals surface area (Å²) in [6.45, 7) is 6.95. The van der Waals surface area contributed by atoms with Crippen molar-refractivity contribution in [1.29, 1.82) is 0 Å². The van der Waals surface area contributed by atoms with Gasteiger partial charge in [0.05, 0.1) is 0 Å². The first-order valence-electron chi connectivity index (χ1n) is 20.2. The second-order valence-electron chi connectivity index (χ2n) is 15.3. The molecule has 0 saturated carbocycles. The van der Waals surface area contributed by atoms with Crippen LogP contribution in [-0.2, 0) is 19.3 Å². The molecule has 7 aromatic carbocycles. The van der Waals surface area contributed by atoms with Gasteiger partial charge in [0.25, 0.3) is 6.71 Å². The molecule has 0 amide bonds. The van der Waals surface area contributed by atoms with Crippen LogP contribution < -0.4 is 26.2 Å². The van der Waals surface area contributed by atoms with Crippen molar-refractivity contribution in [3.63, 3.8) is 0 Å². The Morgan fingerprint density at radius 2 is 1.00 bits per heavy atom. The standard InChI is InChI=1S/C51H45BN2O/c1-4-11-34-20-26-38(27-21-34)53-44-30-22-35(12-5-2)32-42(44)52-43-33-36(13-6-3)23-31-45(43)54(47-17-10-16-46(53)51(47)52)39-28-24-37(25-29-39)40-15-9-19-49-50(40)41-14-7-8-18-48(41)55-49/h7-10,14-33H,4-6,11-13H2,1-3H3. The quantitative estimate of drug-likeness (QED) is 0.139. The van der Waals surface area contributed by atoms with Crippen LogP contribution in [0.3, 0.4) is 0 Å². The largest absolute Gasteiger partial charge is 0.456 e. The van der Waals surface area contributed by atoms with Crippen LogP contribution in [0.2, 0.25) is 0 Å². The fourth-order valence-corrected chi connectivity index (χ4v) is 9.39. The van der Waals surface area contributed by atoms with E-state index in [1.54, 1.807) is 0 Å². The van der Waals surface area contributed by atoms with Gasteiger partial charge in [0.15, 0.2) is 0 Å². The van der Waals surface area contributed by atoms with Gasteiger partial charge >= 0.3 is 0 Å². The Kier molecular flexibility index (Phi) is 8.36. The molecule has 0 N–H and O–H groups in total. The van der Waals surface area contributed by atoms with Crippen molar-refractivity contribution in [2.45, 2.75) is 59.3 Å². The van der Waals surface area contributed by atoms with Crippen molar-refractivity contribution >= 4 is 79.2 Å². The van der Waals surface area contributed by atoms with E-state index in [0.717, 1.165) is 60.8 Å². The minimum absolute atomic E-state index is 0.128. The zero-order valence-electron chi connectivity index (χ0n) is 32.0. The Morgan fingerprint density at radius 3 is 1.62 bits per heavy atom. The SMILES string of the molecule is CCCc1ccc(N2c3ccc(CCC)cc3B3c4cc(CCC)ccc4N(c4ccc(-c5cccc6oc7ccccc7c56)cc4)c4cccc2c43)cc1. The summed E-state index contributed by atoms with van der Waals surface area (Å²) in [7, 11) is 0. The third-order valence-corrected chi connectivity index (χ3v) is 11.8. The molecular formula is C51H45BN2O. The summed E-state index contributed by atoms with van der Waals surface area (Å²) in [5, 5.41) is 2.32. The number of benzene rings is 7. The molecule has 3 heterocycles. The van der Waals surface area contributed by atoms with E-state index in [-0.39, 0.29) is 6.71 Å². The number of anilines is 6. The molecule has 0 unspecified atom stereocenters. The van der Waals surface area contributed by atoms with E-state index in [2.05, 4.69) is 170 Å². The van der Waals surface area contributed by atoms with Crippen LogP contribution in [0.5, 0.6) is 0 Å². The molecule has 0 saturated heterocycles. The van der Waals surface area contributed by atoms with Gasteiger partial charge in [-0.3, -0.25) is 0 Å². The molecule has 1 aromatic heterocycles. The third-order valence-electron chi connectivity index (χ3n) is 11.8. The highest BCUT2D eigenvalue weighted by Gasteiger charge is 2.43. The van der Waals surface area contributed by atoms with Gasteiger partial charge in [-0.2, -0.15) is 0 Å². The highest BCUT2D eigenvalue weighted by Crippen LogP contribution is 2.45. The molecular weight excluding hydrogens is 667 g/mol. The lowest BCUT2D eigenvalue weighted by molar-refractivity contribution is 0.669. The second-order valence-corrected chi connectivity index (χ2v) is 15.3. The van der Waals surface area contributed by atoms with Gasteiger partial charge < -0.3 is 14.2 Å². The normalized spacial score (nSPS) is 13.0. The molecule has 0 spiro atoms. The predicted octanol–water partition coefficient (Wildman–Crippen LogP) is 12.2. The third kappa shape index (κ3) is 5.49. The van der Waals surface area contributed by atoms with Crippen LogP contribution in [0.4, 0.5) is 34.1 Å². The van der Waals surface area contributed by atoms with Crippen molar-refractivity contribution < 1.29 is 4.42 Å². The van der Waals surface area contributed by atoms with Crippen LogP contribution >= 0.6 is 0 Å². The monoisotopic (exact) mass is 712 g/mol. The molecule has 0 aliphatic carbocycles. The van der Waals surface area contributed by atoms with Gasteiger partial charge in [-0.1, -0.05) is 125 Å². The molecule has 3 nitrogen and oxygen atoms in total. The first-order chi connectivity index (χ1) is 27.1. The summed E-state index contributed by atoms with van der Waals surface area (Å²) in [5.41, 5.74) is 20.0. The molecule has 0 fully saturated rings. The maximum atomic E-state index is 6.27. The summed E-state index contributed by atoms with van der Waals surface area (Å²) in [4.78, 5) is 5.04. The summed E-state index contributed by atoms with van der Waals surface area (Å²) >= 11 is 0. The van der Waals surface area contributed by atoms with Crippen molar-refractivity contribution in [3.8, 4) is 11.1 Å². The first-order valence-corrected chi connectivity index (χ1v) is 20.2. The Hall–Kier alpha value is -6.00. The van der Waals surface area contributed by atoms with E-state index in [0.29, 0.717) is 0 Å². The number of rotatable bonds is 9. The zero-order chi connectivity index (χ0) is 37.0. The minimum Gasteiger partial charge on any atom is -0.456 e. The molecule has 0 radical (unpaired) electrons. The van der Waals surface area contributed by atoms with Gasteiger partial charge in [-0.05, 0) is 124 Å². The maximum absolute atomic E-state index is 6.27. The number of hydrogen-bond donors (Lipinski definition) is 0. The number of aryl methyl sites for hydroxylation is 3. The van der Waals surface area contributed by atoms with E-state index >= 15 is 0 Å². The van der Waals surface area contributed by atoms with Gasteiger partial charge in [0.2, 0.25) is 0 Å². The summed E-state index contributed by atoms with van der Waals surface area (Å²) in [6.07, 6.45) is 6.62. The van der Waals surface area contributed by atoms with Crippen LogP contribution in [0.15, 0.2) is 150 Å². The summed E-state index contributed by atoms with van der Waals surface area (Å²) in [5.74, 6) is 0. The molecule has 4 heteroatoms. The predicted molar refractivity (Wildman–Crippen MR) is 235 cm³/mol. The number of fused-ring (bicyclic) bond motifs is 7. The number of hydrogen-bond acceptors (Lipinski definition) is 3. The first kappa shape index (κ1) is 33.6. The lowest BCUT2D eigenvalue weighted by Crippen LogP contribution is -2.61. The molecule has 2 aliphatic heterocycles. The van der Waals surface area contributed by atoms with E-state index in [4.69, 9.17) is 4.42 Å². The van der Waals surface area contributed by atoms with Gasteiger partial charge in [0.1, 0.15) is 11.2 Å². The Balaban J connectivity index is 1.17. The van der Waals surface area contributed by atoms with E-state index < -0.39 is 0 Å². The highest BCUT2D eigenvalue weighted by atomic mass is 16.3. The van der Waals surface area contributed by atoms with Crippen molar-refractivity contribution in [2.75, 3.05) is 9.80 Å². The van der Waals surface area contributed by atoms with Gasteiger partial charge in [0, 0.05) is 44.9 Å². The Labute approximate surface area is 324 Å². The fraction of sp³-hybridized carbons (Fsp3) is 0.176. The van der Waals surface area contributed by atoms with Crippen molar-refractivity contribution in [2.24, 2.45) is 0 Å². The topological polar surface area (TPSA) is 19.6 Å². The number of nitrogens with zero attached hydrogens (tertiary/aromatic N) is 2. The van der Waals surface area contributed by atoms with E-state index in [1.807, 2.05) is 6.07 Å². The minimum atomic E-state index is 0.128. The average molecular weight is 713 g/mol. The van der Waals surface area contributed by atoms with E-state index in [1.165, 1.54) is 78.0 Å². The van der Waals surface area contributed by atoms with Crippen molar-refractivity contribution in [3.05, 3.63) is 162 Å². The smallest absolute Gasteiger partial charge is 0.252 e. The van der Waals surface area contributed by atoms with Gasteiger partial charge in [-0.25, -0.2) is 0 Å². The Bertz CT molecular complexity index is 2710. The molecule has 10 rings (SSSR count). The lowest BCUT2D eigenvalue weighted by Gasteiger charge is -2.44. The molecule has 0 atom stereocenters. The number of para-hydroxylation sites is 1. The van der Waals surface area contributed by atoms with E-state index in [9.17, 15) is 0 Å². The lowest BCUT2D eigenvalue weighted by atomic mass is 9.33. The van der Waals surface area contributed by atoms with Crippen LogP contribution in [0.25, 0.3) is 33.1 Å². The average Bonchev–Trinajstić information content (AvgIpc) is 3.61. The molecule has 2 aliphatic rings. The Morgan fingerprint density at radius 1 is 0.473 bits per heavy atom. The maximum Gasteiger partial charge on any atom is 0.252 e. The van der Waals surface area contributed by atoms with Crippen LogP contribution in [0.1, 0.15) is 56.7 Å². The molecule has 0 bridgehead atoms. The highest BCUT2D eigenvalue weighted by molar-refractivity contribution is 7.00. The van der Waals surface area contributed by atoms with Crippen LogP contribution in [-0.4, -0.2) is 6.71 Å².